The van der Waals surface area contributed by atoms with Crippen LogP contribution >= 0.6 is 23.2 Å². The molecule has 0 amide bonds. The Morgan fingerprint density at radius 2 is 1.86 bits per heavy atom. The molecule has 5 heteroatoms. The van der Waals surface area contributed by atoms with Gasteiger partial charge in [-0.2, -0.15) is 0 Å². The summed E-state index contributed by atoms with van der Waals surface area (Å²) in [4.78, 5) is 22.6. The van der Waals surface area contributed by atoms with Crippen LogP contribution < -0.4 is 4.74 Å². The van der Waals surface area contributed by atoms with Crippen molar-refractivity contribution in [3.63, 3.8) is 0 Å². The van der Waals surface area contributed by atoms with Crippen LogP contribution in [0.5, 0.6) is 5.75 Å². The molecule has 22 heavy (non-hydrogen) atoms. The van der Waals surface area contributed by atoms with Crippen molar-refractivity contribution in [2.45, 2.75) is 5.56 Å². The number of ketones is 1. The Bertz CT molecular complexity index is 696. The maximum Gasteiger partial charge on any atom is 0.227 e. The van der Waals surface area contributed by atoms with Crippen molar-refractivity contribution in [1.82, 2.24) is 0 Å². The summed E-state index contributed by atoms with van der Waals surface area (Å²) in [6.45, 7) is 0. The molecule has 0 N–H and O–H groups in total. The van der Waals surface area contributed by atoms with Crippen molar-refractivity contribution in [2.24, 2.45) is 0 Å². The fourth-order valence-corrected chi connectivity index (χ4v) is 2.12. The van der Waals surface area contributed by atoms with Crippen LogP contribution in [0.2, 0.25) is 5.02 Å². The number of aldehydes is 1. The van der Waals surface area contributed by atoms with Crippen LogP contribution in [0.1, 0.15) is 15.9 Å². The number of allylic oxidation sites excluding steroid dienone is 1. The van der Waals surface area contributed by atoms with Gasteiger partial charge in [-0.1, -0.05) is 59.6 Å². The van der Waals surface area contributed by atoms with Gasteiger partial charge in [-0.3, -0.25) is 9.59 Å². The minimum absolute atomic E-state index is 0.224. The van der Waals surface area contributed by atoms with E-state index in [0.717, 1.165) is 5.56 Å². The number of carbonyl (C=O) groups is 2. The second-order valence-electron chi connectivity index (χ2n) is 4.36. The van der Waals surface area contributed by atoms with E-state index < -0.39 is 5.56 Å². The van der Waals surface area contributed by atoms with Gasteiger partial charge >= 0.3 is 0 Å². The Morgan fingerprint density at radius 1 is 1.14 bits per heavy atom. The van der Waals surface area contributed by atoms with Gasteiger partial charge in [0.05, 0.1) is 5.02 Å². The quantitative estimate of drug-likeness (QED) is 0.341. The number of hydrogen-bond donors (Lipinski definition) is 0. The highest BCUT2D eigenvalue weighted by molar-refractivity contribution is 6.34. The molecular weight excluding hydrogens is 323 g/mol. The Hall–Kier alpha value is -2.10. The lowest BCUT2D eigenvalue weighted by Crippen LogP contribution is -2.09. The molecule has 0 aliphatic rings. The van der Waals surface area contributed by atoms with E-state index in [1.807, 2.05) is 30.3 Å². The first-order valence-corrected chi connectivity index (χ1v) is 7.24. The average molecular weight is 335 g/mol. The summed E-state index contributed by atoms with van der Waals surface area (Å²) < 4.78 is 5.09. The molecule has 0 heterocycles. The minimum Gasteiger partial charge on any atom is -0.467 e. The molecule has 1 atom stereocenters. The van der Waals surface area contributed by atoms with Gasteiger partial charge in [0, 0.05) is 5.56 Å². The van der Waals surface area contributed by atoms with E-state index in [1.54, 1.807) is 6.08 Å². The van der Waals surface area contributed by atoms with Gasteiger partial charge in [0.1, 0.15) is 5.75 Å². The van der Waals surface area contributed by atoms with Gasteiger partial charge < -0.3 is 4.74 Å². The van der Waals surface area contributed by atoms with E-state index in [1.165, 1.54) is 24.3 Å². The minimum atomic E-state index is -1.09. The molecule has 2 aromatic carbocycles. The second kappa shape index (κ2) is 7.78. The summed E-state index contributed by atoms with van der Waals surface area (Å²) in [5.74, 6) is 0.0962. The number of alkyl halides is 1. The number of hydrogen-bond acceptors (Lipinski definition) is 3. The Morgan fingerprint density at radius 3 is 2.50 bits per heavy atom. The number of halogens is 2. The number of ether oxygens (including phenoxy) is 1. The van der Waals surface area contributed by atoms with E-state index in [9.17, 15) is 9.59 Å². The van der Waals surface area contributed by atoms with Crippen molar-refractivity contribution >= 4 is 41.3 Å². The van der Waals surface area contributed by atoms with Crippen LogP contribution in [-0.2, 0) is 4.79 Å². The predicted octanol–water partition coefficient (Wildman–Crippen LogP) is 4.38. The van der Waals surface area contributed by atoms with Crippen molar-refractivity contribution < 1.29 is 14.3 Å². The normalized spacial score (nSPS) is 12.1. The van der Waals surface area contributed by atoms with Crippen LogP contribution in [0.25, 0.3) is 6.08 Å². The van der Waals surface area contributed by atoms with Crippen LogP contribution in [0.4, 0.5) is 0 Å². The molecule has 2 aromatic rings. The van der Waals surface area contributed by atoms with Crippen molar-refractivity contribution in [3.8, 4) is 5.75 Å². The third-order valence-corrected chi connectivity index (χ3v) is 3.29. The fourth-order valence-electron chi connectivity index (χ4n) is 1.75. The van der Waals surface area contributed by atoms with Gasteiger partial charge in [0.2, 0.25) is 5.56 Å². The summed E-state index contributed by atoms with van der Waals surface area (Å²) in [7, 11) is 0. The van der Waals surface area contributed by atoms with E-state index in [2.05, 4.69) is 0 Å². The zero-order chi connectivity index (χ0) is 15.9. The molecule has 0 radical (unpaired) electrons. The summed E-state index contributed by atoms with van der Waals surface area (Å²) in [6.07, 6.45) is 3.62. The lowest BCUT2D eigenvalue weighted by atomic mass is 10.1. The van der Waals surface area contributed by atoms with Crippen molar-refractivity contribution in [3.05, 3.63) is 70.8 Å². The molecule has 0 aliphatic carbocycles. The molecule has 0 saturated carbocycles. The van der Waals surface area contributed by atoms with Crippen LogP contribution in [0, 0.1) is 0 Å². The molecule has 1 unspecified atom stereocenters. The lowest BCUT2D eigenvalue weighted by molar-refractivity contribution is -0.110. The summed E-state index contributed by atoms with van der Waals surface area (Å²) in [5.41, 5.74) is 0.178. The summed E-state index contributed by atoms with van der Waals surface area (Å²) in [6, 6.07) is 14.0. The third-order valence-electron chi connectivity index (χ3n) is 2.79. The zero-order valence-corrected chi connectivity index (χ0v) is 12.9. The second-order valence-corrected chi connectivity index (χ2v) is 5.19. The standard InChI is InChI=1S/C17H12Cl2O3/c18-15-10-13(22-17(19)11-20)7-8-14(15)16(21)9-6-12-4-2-1-3-5-12/h1-11,17H. The van der Waals surface area contributed by atoms with Gasteiger partial charge in [-0.05, 0) is 29.8 Å². The molecule has 0 aromatic heterocycles. The molecule has 0 fully saturated rings. The topological polar surface area (TPSA) is 43.4 Å². The highest BCUT2D eigenvalue weighted by Gasteiger charge is 2.10. The molecule has 0 spiro atoms. The van der Waals surface area contributed by atoms with Gasteiger partial charge in [0.25, 0.3) is 0 Å². The summed E-state index contributed by atoms with van der Waals surface area (Å²) >= 11 is 11.6. The molecule has 0 saturated heterocycles. The van der Waals surface area contributed by atoms with Crippen LogP contribution in [-0.4, -0.2) is 17.6 Å². The van der Waals surface area contributed by atoms with E-state index >= 15 is 0 Å². The number of benzene rings is 2. The highest BCUT2D eigenvalue weighted by Crippen LogP contribution is 2.24. The van der Waals surface area contributed by atoms with Gasteiger partial charge in [0.15, 0.2) is 12.1 Å². The van der Waals surface area contributed by atoms with E-state index in [4.69, 9.17) is 27.9 Å². The maximum atomic E-state index is 12.1. The van der Waals surface area contributed by atoms with Crippen LogP contribution in [0.15, 0.2) is 54.6 Å². The number of carbonyl (C=O) groups excluding carboxylic acids is 2. The first-order chi connectivity index (χ1) is 10.6. The third kappa shape index (κ3) is 4.45. The highest BCUT2D eigenvalue weighted by atomic mass is 35.5. The van der Waals surface area contributed by atoms with Crippen molar-refractivity contribution in [1.29, 1.82) is 0 Å². The molecule has 3 nitrogen and oxygen atoms in total. The Kier molecular flexibility index (Phi) is 5.75. The van der Waals surface area contributed by atoms with Gasteiger partial charge in [-0.15, -0.1) is 0 Å². The monoisotopic (exact) mass is 334 g/mol. The van der Waals surface area contributed by atoms with E-state index in [0.29, 0.717) is 17.6 Å². The smallest absolute Gasteiger partial charge is 0.227 e. The Balaban J connectivity index is 2.13. The van der Waals surface area contributed by atoms with Crippen LogP contribution in [0.3, 0.4) is 0 Å². The van der Waals surface area contributed by atoms with Gasteiger partial charge in [-0.25, -0.2) is 0 Å². The number of rotatable bonds is 6. The summed E-state index contributed by atoms with van der Waals surface area (Å²) in [5, 5.41) is 0.231. The first kappa shape index (κ1) is 16.3. The molecule has 112 valence electrons. The Labute approximate surface area is 138 Å². The fraction of sp³-hybridized carbons (Fsp3) is 0.0588. The lowest BCUT2D eigenvalue weighted by Gasteiger charge is -2.08. The molecule has 0 aliphatic heterocycles. The molecule has 0 bridgehead atoms. The largest absolute Gasteiger partial charge is 0.467 e. The molecular formula is C17H12Cl2O3. The van der Waals surface area contributed by atoms with Crippen molar-refractivity contribution in [2.75, 3.05) is 0 Å². The van der Waals surface area contributed by atoms with E-state index in [-0.39, 0.29) is 10.8 Å². The zero-order valence-electron chi connectivity index (χ0n) is 11.4. The average Bonchev–Trinajstić information content (AvgIpc) is 2.53. The first-order valence-electron chi connectivity index (χ1n) is 6.43. The SMILES string of the molecule is O=CC(Cl)Oc1ccc(C(=O)C=Cc2ccccc2)c(Cl)c1. The maximum absolute atomic E-state index is 12.1. The molecule has 2 rings (SSSR count). The predicted molar refractivity (Wildman–Crippen MR) is 87.6 cm³/mol.